The first-order valence-corrected chi connectivity index (χ1v) is 6.65. The van der Waals surface area contributed by atoms with Crippen molar-refractivity contribution in [2.24, 2.45) is 0 Å². The maximum Gasteiger partial charge on any atom is 0.255 e. The molecule has 0 bridgehead atoms. The van der Waals surface area contributed by atoms with Gasteiger partial charge < -0.3 is 11.1 Å². The quantitative estimate of drug-likeness (QED) is 0.899. The van der Waals surface area contributed by atoms with Crippen LogP contribution in [-0.2, 0) is 6.42 Å². The highest BCUT2D eigenvalue weighted by molar-refractivity contribution is 6.05. The number of nitrogens with zero attached hydrogens (tertiary/aromatic N) is 1. The Morgan fingerprint density at radius 3 is 2.70 bits per heavy atom. The van der Waals surface area contributed by atoms with Crippen molar-refractivity contribution >= 4 is 17.4 Å². The van der Waals surface area contributed by atoms with Crippen LogP contribution in [0.5, 0.6) is 0 Å². The predicted octanol–water partition coefficient (Wildman–Crippen LogP) is 3.10. The Morgan fingerprint density at radius 1 is 1.30 bits per heavy atom. The minimum absolute atomic E-state index is 0.161. The molecule has 0 saturated heterocycles. The molecule has 1 amide bonds. The fourth-order valence-electron chi connectivity index (χ4n) is 2.21. The van der Waals surface area contributed by atoms with Crippen LogP contribution in [0.15, 0.2) is 30.3 Å². The summed E-state index contributed by atoms with van der Waals surface area (Å²) in [6, 6.07) is 9.33. The summed E-state index contributed by atoms with van der Waals surface area (Å²) in [5.74, 6) is 0.196. The number of rotatable bonds is 3. The Hall–Kier alpha value is -2.36. The Morgan fingerprint density at radius 2 is 2.05 bits per heavy atom. The van der Waals surface area contributed by atoms with E-state index >= 15 is 0 Å². The van der Waals surface area contributed by atoms with Crippen LogP contribution in [0, 0.1) is 13.8 Å². The molecule has 0 aliphatic rings. The van der Waals surface area contributed by atoms with Crippen LogP contribution in [-0.4, -0.2) is 10.9 Å². The average Bonchev–Trinajstić information content (AvgIpc) is 2.39. The summed E-state index contributed by atoms with van der Waals surface area (Å²) >= 11 is 0. The summed E-state index contributed by atoms with van der Waals surface area (Å²) in [5.41, 5.74) is 10.0. The molecule has 0 saturated carbocycles. The second-order valence-corrected chi connectivity index (χ2v) is 4.84. The molecule has 4 heteroatoms. The Kier molecular flexibility index (Phi) is 4.03. The number of nitrogens with two attached hydrogens (primary N) is 1. The molecule has 1 heterocycles. The summed E-state index contributed by atoms with van der Waals surface area (Å²) < 4.78 is 0. The monoisotopic (exact) mass is 269 g/mol. The van der Waals surface area contributed by atoms with Gasteiger partial charge in [-0.05, 0) is 43.5 Å². The lowest BCUT2D eigenvalue weighted by Gasteiger charge is -2.13. The molecule has 1 aromatic heterocycles. The lowest BCUT2D eigenvalue weighted by Crippen LogP contribution is -2.15. The Bertz CT molecular complexity index is 630. The number of pyridine rings is 1. The largest absolute Gasteiger partial charge is 0.384 e. The minimum Gasteiger partial charge on any atom is -0.384 e. The second kappa shape index (κ2) is 5.74. The number of anilines is 2. The summed E-state index contributed by atoms with van der Waals surface area (Å²) in [6.07, 6.45) is 0.870. The summed E-state index contributed by atoms with van der Waals surface area (Å²) in [4.78, 5) is 16.4. The molecule has 104 valence electrons. The number of carbonyl (C=O) groups excluding carboxylic acids is 1. The van der Waals surface area contributed by atoms with Crippen LogP contribution < -0.4 is 11.1 Å². The SMILES string of the molecule is CCc1cccc(C)c1NC(=O)c1cc(C)nc(N)c1. The van der Waals surface area contributed by atoms with Gasteiger partial charge >= 0.3 is 0 Å². The molecule has 0 aliphatic heterocycles. The van der Waals surface area contributed by atoms with E-state index in [1.54, 1.807) is 12.1 Å². The Balaban J connectivity index is 2.32. The van der Waals surface area contributed by atoms with Gasteiger partial charge in [0.05, 0.1) is 0 Å². The third-order valence-electron chi connectivity index (χ3n) is 3.21. The van der Waals surface area contributed by atoms with E-state index in [2.05, 4.69) is 17.2 Å². The molecule has 2 aromatic rings. The molecule has 20 heavy (non-hydrogen) atoms. The lowest BCUT2D eigenvalue weighted by molar-refractivity contribution is 0.102. The van der Waals surface area contributed by atoms with Gasteiger partial charge in [0.25, 0.3) is 5.91 Å². The van der Waals surface area contributed by atoms with Crippen LogP contribution in [0.2, 0.25) is 0 Å². The van der Waals surface area contributed by atoms with Gasteiger partial charge in [0.1, 0.15) is 5.82 Å². The maximum absolute atomic E-state index is 12.3. The third-order valence-corrected chi connectivity index (χ3v) is 3.21. The molecule has 4 nitrogen and oxygen atoms in total. The predicted molar refractivity (Wildman–Crippen MR) is 81.9 cm³/mol. The minimum atomic E-state index is -0.161. The molecular formula is C16H19N3O. The number of nitrogens with one attached hydrogen (secondary N) is 1. The lowest BCUT2D eigenvalue weighted by atomic mass is 10.1. The molecule has 2 rings (SSSR count). The van der Waals surface area contributed by atoms with E-state index in [4.69, 9.17) is 5.73 Å². The fraction of sp³-hybridized carbons (Fsp3) is 0.250. The number of para-hydroxylation sites is 1. The van der Waals surface area contributed by atoms with Crippen molar-refractivity contribution < 1.29 is 4.79 Å². The van der Waals surface area contributed by atoms with Crippen molar-refractivity contribution in [1.82, 2.24) is 4.98 Å². The van der Waals surface area contributed by atoms with Crippen molar-refractivity contribution in [2.45, 2.75) is 27.2 Å². The number of hydrogen-bond donors (Lipinski definition) is 2. The first-order valence-electron chi connectivity index (χ1n) is 6.65. The highest BCUT2D eigenvalue weighted by atomic mass is 16.1. The van der Waals surface area contributed by atoms with E-state index < -0.39 is 0 Å². The van der Waals surface area contributed by atoms with E-state index in [1.165, 1.54) is 0 Å². The van der Waals surface area contributed by atoms with Crippen molar-refractivity contribution in [3.05, 3.63) is 52.7 Å². The number of nitrogen functional groups attached to an aromatic ring is 1. The van der Waals surface area contributed by atoms with Gasteiger partial charge in [-0.2, -0.15) is 0 Å². The Labute approximate surface area is 119 Å². The number of amides is 1. The highest BCUT2D eigenvalue weighted by Crippen LogP contribution is 2.22. The second-order valence-electron chi connectivity index (χ2n) is 4.84. The summed E-state index contributed by atoms with van der Waals surface area (Å²) in [7, 11) is 0. The molecule has 0 aliphatic carbocycles. The van der Waals surface area contributed by atoms with Gasteiger partial charge in [-0.15, -0.1) is 0 Å². The molecule has 3 N–H and O–H groups in total. The van der Waals surface area contributed by atoms with Crippen LogP contribution in [0.1, 0.15) is 34.1 Å². The third kappa shape index (κ3) is 2.96. The van der Waals surface area contributed by atoms with Gasteiger partial charge in [-0.1, -0.05) is 25.1 Å². The summed E-state index contributed by atoms with van der Waals surface area (Å²) in [6.45, 7) is 5.87. The van der Waals surface area contributed by atoms with Crippen molar-refractivity contribution in [3.8, 4) is 0 Å². The van der Waals surface area contributed by atoms with Crippen LogP contribution in [0.3, 0.4) is 0 Å². The van der Waals surface area contributed by atoms with Gasteiger partial charge in [0, 0.05) is 16.9 Å². The van der Waals surface area contributed by atoms with E-state index in [1.807, 2.05) is 32.0 Å². The molecule has 0 atom stereocenters. The molecule has 1 aromatic carbocycles. The molecular weight excluding hydrogens is 250 g/mol. The van der Waals surface area contributed by atoms with Crippen LogP contribution >= 0.6 is 0 Å². The molecule has 0 spiro atoms. The number of aryl methyl sites for hydroxylation is 3. The zero-order valence-corrected chi connectivity index (χ0v) is 12.0. The molecule has 0 fully saturated rings. The maximum atomic E-state index is 12.3. The first kappa shape index (κ1) is 14.1. The van der Waals surface area contributed by atoms with E-state index in [-0.39, 0.29) is 5.91 Å². The zero-order chi connectivity index (χ0) is 14.7. The van der Waals surface area contributed by atoms with Gasteiger partial charge in [-0.3, -0.25) is 4.79 Å². The standard InChI is InChI=1S/C16H19N3O/c1-4-12-7-5-6-10(2)15(12)19-16(20)13-8-11(3)18-14(17)9-13/h5-9H,4H2,1-3H3,(H2,17,18)(H,19,20). The zero-order valence-electron chi connectivity index (χ0n) is 12.0. The van der Waals surface area contributed by atoms with Crippen molar-refractivity contribution in [3.63, 3.8) is 0 Å². The van der Waals surface area contributed by atoms with Crippen molar-refractivity contribution in [2.75, 3.05) is 11.1 Å². The summed E-state index contributed by atoms with van der Waals surface area (Å²) in [5, 5.41) is 2.98. The topological polar surface area (TPSA) is 68.0 Å². The number of carbonyl (C=O) groups is 1. The van der Waals surface area contributed by atoms with Crippen molar-refractivity contribution in [1.29, 1.82) is 0 Å². The number of hydrogen-bond acceptors (Lipinski definition) is 3. The van der Waals surface area contributed by atoms with E-state index in [0.717, 1.165) is 28.9 Å². The van der Waals surface area contributed by atoms with E-state index in [0.29, 0.717) is 11.4 Å². The van der Waals surface area contributed by atoms with Crippen LogP contribution in [0.25, 0.3) is 0 Å². The van der Waals surface area contributed by atoms with Gasteiger partial charge in [0.2, 0.25) is 0 Å². The smallest absolute Gasteiger partial charge is 0.255 e. The van der Waals surface area contributed by atoms with Crippen LogP contribution in [0.4, 0.5) is 11.5 Å². The molecule has 0 radical (unpaired) electrons. The molecule has 0 unspecified atom stereocenters. The van der Waals surface area contributed by atoms with Gasteiger partial charge in [-0.25, -0.2) is 4.98 Å². The number of benzene rings is 1. The first-order chi connectivity index (χ1) is 9.51. The normalized spacial score (nSPS) is 10.3. The highest BCUT2D eigenvalue weighted by Gasteiger charge is 2.11. The number of aromatic nitrogens is 1. The van der Waals surface area contributed by atoms with Gasteiger partial charge in [0.15, 0.2) is 0 Å². The van der Waals surface area contributed by atoms with E-state index in [9.17, 15) is 4.79 Å². The average molecular weight is 269 g/mol. The fourth-order valence-corrected chi connectivity index (χ4v) is 2.21.